The summed E-state index contributed by atoms with van der Waals surface area (Å²) in [7, 11) is 0. The maximum absolute atomic E-state index is 11.8. The summed E-state index contributed by atoms with van der Waals surface area (Å²) in [6.07, 6.45) is 1.38. The van der Waals surface area contributed by atoms with Crippen LogP contribution >= 0.6 is 0 Å². The summed E-state index contributed by atoms with van der Waals surface area (Å²) in [6, 6.07) is 10.3. The molecule has 5 nitrogen and oxygen atoms in total. The molecule has 1 aliphatic rings. The Kier molecular flexibility index (Phi) is 3.52. The standard InChI is InChI=1S/C15H17N3O2/c19-14-12-6-8-18(10-11-4-2-1-3-5-11)9-7-13(12)16-15(20)17-14/h1-5H,6-10H2,(H2,16,17,19,20). The molecule has 0 radical (unpaired) electrons. The lowest BCUT2D eigenvalue weighted by atomic mass is 10.1. The van der Waals surface area contributed by atoms with E-state index in [0.717, 1.165) is 30.9 Å². The Hall–Kier alpha value is -2.14. The Balaban J connectivity index is 1.78. The van der Waals surface area contributed by atoms with E-state index in [1.165, 1.54) is 5.56 Å². The zero-order chi connectivity index (χ0) is 13.9. The summed E-state index contributed by atoms with van der Waals surface area (Å²) in [6.45, 7) is 2.55. The van der Waals surface area contributed by atoms with Gasteiger partial charge < -0.3 is 4.98 Å². The molecule has 2 heterocycles. The number of nitrogens with one attached hydrogen (secondary N) is 2. The van der Waals surface area contributed by atoms with Crippen LogP contribution in [0, 0.1) is 0 Å². The highest BCUT2D eigenvalue weighted by molar-refractivity contribution is 5.19. The molecule has 3 rings (SSSR count). The minimum absolute atomic E-state index is 0.245. The van der Waals surface area contributed by atoms with Crippen LogP contribution in [0.5, 0.6) is 0 Å². The minimum Gasteiger partial charge on any atom is -0.311 e. The average molecular weight is 271 g/mol. The number of aromatic amines is 2. The third kappa shape index (κ3) is 2.72. The molecule has 2 N–H and O–H groups in total. The van der Waals surface area contributed by atoms with Crippen molar-refractivity contribution >= 4 is 0 Å². The Morgan fingerprint density at radius 3 is 2.55 bits per heavy atom. The summed E-state index contributed by atoms with van der Waals surface area (Å²) in [5, 5.41) is 0. The van der Waals surface area contributed by atoms with E-state index >= 15 is 0 Å². The molecule has 0 bridgehead atoms. The minimum atomic E-state index is -0.412. The largest absolute Gasteiger partial charge is 0.325 e. The molecule has 2 aromatic rings. The monoisotopic (exact) mass is 271 g/mol. The maximum atomic E-state index is 11.8. The molecule has 1 aromatic heterocycles. The quantitative estimate of drug-likeness (QED) is 0.843. The second-order valence-corrected chi connectivity index (χ2v) is 5.13. The number of rotatable bonds is 2. The van der Waals surface area contributed by atoms with Gasteiger partial charge in [0.25, 0.3) is 5.56 Å². The van der Waals surface area contributed by atoms with Gasteiger partial charge in [0.1, 0.15) is 0 Å². The van der Waals surface area contributed by atoms with Gasteiger partial charge in [0.15, 0.2) is 0 Å². The molecular formula is C15H17N3O2. The van der Waals surface area contributed by atoms with Crippen molar-refractivity contribution in [2.24, 2.45) is 0 Å². The number of hydrogen-bond donors (Lipinski definition) is 2. The van der Waals surface area contributed by atoms with Gasteiger partial charge in [0, 0.05) is 37.3 Å². The molecule has 5 heteroatoms. The molecule has 0 unspecified atom stereocenters. The van der Waals surface area contributed by atoms with Gasteiger partial charge in [-0.3, -0.25) is 14.7 Å². The highest BCUT2D eigenvalue weighted by Crippen LogP contribution is 2.11. The number of benzene rings is 1. The van der Waals surface area contributed by atoms with Crippen molar-refractivity contribution in [3.8, 4) is 0 Å². The summed E-state index contributed by atoms with van der Waals surface area (Å²) < 4.78 is 0. The van der Waals surface area contributed by atoms with Gasteiger partial charge in [0.05, 0.1) is 0 Å². The van der Waals surface area contributed by atoms with Gasteiger partial charge in [-0.2, -0.15) is 0 Å². The van der Waals surface area contributed by atoms with Crippen LogP contribution in [0.25, 0.3) is 0 Å². The third-order valence-corrected chi connectivity index (χ3v) is 3.73. The Bertz CT molecular complexity index is 703. The fourth-order valence-corrected chi connectivity index (χ4v) is 2.69. The summed E-state index contributed by atoms with van der Waals surface area (Å²) >= 11 is 0. The van der Waals surface area contributed by atoms with Crippen molar-refractivity contribution in [2.45, 2.75) is 19.4 Å². The predicted octanol–water partition coefficient (Wildman–Crippen LogP) is 0.664. The molecule has 0 aliphatic carbocycles. The summed E-state index contributed by atoms with van der Waals surface area (Å²) in [5.74, 6) is 0. The first kappa shape index (κ1) is 12.9. The van der Waals surface area contributed by atoms with E-state index in [4.69, 9.17) is 0 Å². The number of hydrogen-bond acceptors (Lipinski definition) is 3. The third-order valence-electron chi connectivity index (χ3n) is 3.73. The molecule has 20 heavy (non-hydrogen) atoms. The van der Waals surface area contributed by atoms with E-state index in [9.17, 15) is 9.59 Å². The lowest BCUT2D eigenvalue weighted by molar-refractivity contribution is 0.279. The van der Waals surface area contributed by atoms with Crippen molar-refractivity contribution in [3.05, 3.63) is 68.0 Å². The van der Waals surface area contributed by atoms with Crippen LogP contribution in [0.1, 0.15) is 16.8 Å². The van der Waals surface area contributed by atoms with Crippen molar-refractivity contribution in [3.63, 3.8) is 0 Å². The lowest BCUT2D eigenvalue weighted by Gasteiger charge is -2.19. The fourth-order valence-electron chi connectivity index (χ4n) is 2.69. The van der Waals surface area contributed by atoms with Crippen LogP contribution < -0.4 is 11.2 Å². The molecule has 0 atom stereocenters. The van der Waals surface area contributed by atoms with E-state index in [-0.39, 0.29) is 5.56 Å². The number of fused-ring (bicyclic) bond motifs is 1. The molecule has 0 spiro atoms. The Morgan fingerprint density at radius 2 is 1.75 bits per heavy atom. The first-order valence-electron chi connectivity index (χ1n) is 6.83. The first-order valence-corrected chi connectivity index (χ1v) is 6.83. The molecule has 0 saturated carbocycles. The fraction of sp³-hybridized carbons (Fsp3) is 0.333. The number of aromatic nitrogens is 2. The Labute approximate surface area is 116 Å². The average Bonchev–Trinajstić information content (AvgIpc) is 2.63. The SMILES string of the molecule is O=c1[nH]c2c(c(=O)[nH]1)CCN(Cc1ccccc1)CC2. The van der Waals surface area contributed by atoms with Crippen LogP contribution in [0.3, 0.4) is 0 Å². The van der Waals surface area contributed by atoms with Crippen LogP contribution in [-0.4, -0.2) is 28.0 Å². The van der Waals surface area contributed by atoms with E-state index in [1.807, 2.05) is 18.2 Å². The van der Waals surface area contributed by atoms with Gasteiger partial charge in [0.2, 0.25) is 0 Å². The molecule has 1 aliphatic heterocycles. The first-order chi connectivity index (χ1) is 9.72. The van der Waals surface area contributed by atoms with Gasteiger partial charge in [-0.25, -0.2) is 4.79 Å². The van der Waals surface area contributed by atoms with E-state index in [0.29, 0.717) is 12.8 Å². The van der Waals surface area contributed by atoms with Crippen LogP contribution in [0.15, 0.2) is 39.9 Å². The molecule has 1 aromatic carbocycles. The van der Waals surface area contributed by atoms with E-state index < -0.39 is 5.69 Å². The van der Waals surface area contributed by atoms with E-state index in [2.05, 4.69) is 27.0 Å². The zero-order valence-corrected chi connectivity index (χ0v) is 11.2. The maximum Gasteiger partial charge on any atom is 0.325 e. The second-order valence-electron chi connectivity index (χ2n) is 5.13. The van der Waals surface area contributed by atoms with Crippen LogP contribution in [0.2, 0.25) is 0 Å². The molecule has 104 valence electrons. The highest BCUT2D eigenvalue weighted by atomic mass is 16.2. The predicted molar refractivity (Wildman–Crippen MR) is 76.8 cm³/mol. The molecule has 0 amide bonds. The topological polar surface area (TPSA) is 69.0 Å². The summed E-state index contributed by atoms with van der Waals surface area (Å²) in [5.41, 5.74) is 2.12. The Morgan fingerprint density at radius 1 is 1.00 bits per heavy atom. The van der Waals surface area contributed by atoms with Crippen molar-refractivity contribution in [1.29, 1.82) is 0 Å². The lowest BCUT2D eigenvalue weighted by Crippen LogP contribution is -2.28. The number of nitrogens with zero attached hydrogens (tertiary/aromatic N) is 1. The van der Waals surface area contributed by atoms with Crippen molar-refractivity contribution in [2.75, 3.05) is 13.1 Å². The second kappa shape index (κ2) is 5.46. The smallest absolute Gasteiger partial charge is 0.311 e. The highest BCUT2D eigenvalue weighted by Gasteiger charge is 2.17. The van der Waals surface area contributed by atoms with Gasteiger partial charge in [-0.15, -0.1) is 0 Å². The molecule has 0 fully saturated rings. The van der Waals surface area contributed by atoms with Gasteiger partial charge in [-0.1, -0.05) is 30.3 Å². The molecular weight excluding hydrogens is 254 g/mol. The van der Waals surface area contributed by atoms with Gasteiger partial charge >= 0.3 is 5.69 Å². The van der Waals surface area contributed by atoms with Gasteiger partial charge in [-0.05, 0) is 12.0 Å². The normalized spacial score (nSPS) is 15.6. The van der Waals surface area contributed by atoms with E-state index in [1.54, 1.807) is 0 Å². The number of H-pyrrole nitrogens is 2. The summed E-state index contributed by atoms with van der Waals surface area (Å²) in [4.78, 5) is 30.5. The van der Waals surface area contributed by atoms with Crippen molar-refractivity contribution in [1.82, 2.24) is 14.9 Å². The zero-order valence-electron chi connectivity index (χ0n) is 11.2. The van der Waals surface area contributed by atoms with Crippen molar-refractivity contribution < 1.29 is 0 Å². The van der Waals surface area contributed by atoms with Crippen LogP contribution in [0.4, 0.5) is 0 Å². The van der Waals surface area contributed by atoms with Crippen LogP contribution in [-0.2, 0) is 19.4 Å². The molecule has 0 saturated heterocycles.